The molecule has 0 unspecified atom stereocenters. The van der Waals surface area contributed by atoms with Gasteiger partial charge in [-0.1, -0.05) is 54.6 Å². The zero-order valence-corrected chi connectivity index (χ0v) is 16.9. The molecule has 0 fully saturated rings. The minimum absolute atomic E-state index is 0.00238. The van der Waals surface area contributed by atoms with Gasteiger partial charge in [0.2, 0.25) is 0 Å². The van der Waals surface area contributed by atoms with Crippen molar-refractivity contribution in [2.75, 3.05) is 12.4 Å². The topological polar surface area (TPSA) is 71.3 Å². The standard InChI is InChI=1S/C25H22N2O3/c1-18-8-6-7-11-22(18)27-25(28)21(16-26)14-20-12-13-23(29-2)24(15-20)30-17-19-9-4-3-5-10-19/h3-15H,17H2,1-2H3,(H,27,28)/b21-14+. The van der Waals surface area contributed by atoms with E-state index in [1.807, 2.05) is 61.5 Å². The number of aryl methyl sites for hydroxylation is 1. The first kappa shape index (κ1) is 20.7. The Kier molecular flexibility index (Phi) is 6.86. The Balaban J connectivity index is 1.81. The largest absolute Gasteiger partial charge is 0.493 e. The van der Waals surface area contributed by atoms with Crippen molar-refractivity contribution in [3.05, 3.63) is 95.1 Å². The van der Waals surface area contributed by atoms with Crippen LogP contribution in [0.1, 0.15) is 16.7 Å². The lowest BCUT2D eigenvalue weighted by atomic mass is 10.1. The molecule has 5 nitrogen and oxygen atoms in total. The summed E-state index contributed by atoms with van der Waals surface area (Å²) in [6.45, 7) is 2.27. The summed E-state index contributed by atoms with van der Waals surface area (Å²) < 4.78 is 11.3. The quantitative estimate of drug-likeness (QED) is 0.442. The maximum absolute atomic E-state index is 12.6. The number of ether oxygens (including phenoxy) is 2. The van der Waals surface area contributed by atoms with E-state index in [0.29, 0.717) is 29.4 Å². The number of nitriles is 1. The van der Waals surface area contributed by atoms with E-state index in [2.05, 4.69) is 5.32 Å². The lowest BCUT2D eigenvalue weighted by molar-refractivity contribution is -0.112. The number of nitrogens with one attached hydrogen (secondary N) is 1. The number of carbonyl (C=O) groups excluding carboxylic acids is 1. The third-order valence-corrected chi connectivity index (χ3v) is 4.49. The second-order valence-electron chi connectivity index (χ2n) is 6.62. The van der Waals surface area contributed by atoms with Crippen LogP contribution < -0.4 is 14.8 Å². The molecule has 5 heteroatoms. The normalized spacial score (nSPS) is 10.8. The molecule has 150 valence electrons. The number of para-hydroxylation sites is 1. The molecule has 3 rings (SSSR count). The van der Waals surface area contributed by atoms with Crippen molar-refractivity contribution >= 4 is 17.7 Å². The number of carbonyl (C=O) groups is 1. The number of hydrogen-bond donors (Lipinski definition) is 1. The van der Waals surface area contributed by atoms with E-state index in [1.54, 1.807) is 31.4 Å². The molecule has 0 spiro atoms. The number of methoxy groups -OCH3 is 1. The molecular weight excluding hydrogens is 376 g/mol. The summed E-state index contributed by atoms with van der Waals surface area (Å²) in [5.41, 5.74) is 3.28. The number of rotatable bonds is 7. The smallest absolute Gasteiger partial charge is 0.266 e. The summed E-state index contributed by atoms with van der Waals surface area (Å²) in [5.74, 6) is 0.645. The van der Waals surface area contributed by atoms with E-state index in [4.69, 9.17) is 9.47 Å². The first-order chi connectivity index (χ1) is 14.6. The molecule has 0 bridgehead atoms. The fourth-order valence-corrected chi connectivity index (χ4v) is 2.85. The van der Waals surface area contributed by atoms with Gasteiger partial charge in [-0.15, -0.1) is 0 Å². The highest BCUT2D eigenvalue weighted by molar-refractivity contribution is 6.10. The number of anilines is 1. The average molecular weight is 398 g/mol. The Hall–Kier alpha value is -4.04. The zero-order valence-electron chi connectivity index (χ0n) is 16.9. The molecule has 1 amide bonds. The van der Waals surface area contributed by atoms with Crippen LogP contribution in [0.5, 0.6) is 11.5 Å². The molecule has 0 aliphatic heterocycles. The third kappa shape index (κ3) is 5.27. The maximum atomic E-state index is 12.6. The van der Waals surface area contributed by atoms with Gasteiger partial charge in [0.1, 0.15) is 18.2 Å². The summed E-state index contributed by atoms with van der Waals surface area (Å²) >= 11 is 0. The molecule has 30 heavy (non-hydrogen) atoms. The van der Waals surface area contributed by atoms with Crippen molar-refractivity contribution in [2.24, 2.45) is 0 Å². The van der Waals surface area contributed by atoms with Gasteiger partial charge >= 0.3 is 0 Å². The third-order valence-electron chi connectivity index (χ3n) is 4.49. The average Bonchev–Trinajstić information content (AvgIpc) is 2.78. The fraction of sp³-hybridized carbons (Fsp3) is 0.120. The van der Waals surface area contributed by atoms with Gasteiger partial charge < -0.3 is 14.8 Å². The SMILES string of the molecule is COc1ccc(/C=C(\C#N)C(=O)Nc2ccccc2C)cc1OCc1ccccc1. The molecule has 0 heterocycles. The van der Waals surface area contributed by atoms with Gasteiger partial charge in [0.25, 0.3) is 5.91 Å². The molecular formula is C25H22N2O3. The number of amides is 1. The molecule has 1 N–H and O–H groups in total. The van der Waals surface area contributed by atoms with Crippen LogP contribution >= 0.6 is 0 Å². The van der Waals surface area contributed by atoms with Gasteiger partial charge in [0.15, 0.2) is 11.5 Å². The molecule has 0 radical (unpaired) electrons. The molecule has 3 aromatic carbocycles. The highest BCUT2D eigenvalue weighted by Crippen LogP contribution is 2.30. The van der Waals surface area contributed by atoms with Crippen LogP contribution in [0.25, 0.3) is 6.08 Å². The Morgan fingerprint density at radius 1 is 1.03 bits per heavy atom. The Morgan fingerprint density at radius 3 is 2.47 bits per heavy atom. The van der Waals surface area contributed by atoms with Crippen molar-refractivity contribution in [3.8, 4) is 17.6 Å². The van der Waals surface area contributed by atoms with Crippen molar-refractivity contribution in [2.45, 2.75) is 13.5 Å². The molecule has 0 aliphatic rings. The van der Waals surface area contributed by atoms with E-state index < -0.39 is 5.91 Å². The predicted molar refractivity (Wildman–Crippen MR) is 117 cm³/mol. The van der Waals surface area contributed by atoms with Crippen molar-refractivity contribution < 1.29 is 14.3 Å². The highest BCUT2D eigenvalue weighted by Gasteiger charge is 2.12. The van der Waals surface area contributed by atoms with Crippen molar-refractivity contribution in [1.29, 1.82) is 5.26 Å². The summed E-state index contributed by atoms with van der Waals surface area (Å²) in [6, 6.07) is 24.4. The van der Waals surface area contributed by atoms with Crippen LogP contribution in [0.15, 0.2) is 78.4 Å². The first-order valence-corrected chi connectivity index (χ1v) is 9.44. The fourth-order valence-electron chi connectivity index (χ4n) is 2.85. The molecule has 0 aliphatic carbocycles. The number of benzene rings is 3. The van der Waals surface area contributed by atoms with Crippen molar-refractivity contribution in [1.82, 2.24) is 0 Å². The highest BCUT2D eigenvalue weighted by atomic mass is 16.5. The maximum Gasteiger partial charge on any atom is 0.266 e. The van der Waals surface area contributed by atoms with E-state index in [-0.39, 0.29) is 5.57 Å². The molecule has 3 aromatic rings. The van der Waals surface area contributed by atoms with Crippen LogP contribution in [-0.2, 0) is 11.4 Å². The monoisotopic (exact) mass is 398 g/mol. The van der Waals surface area contributed by atoms with Crippen LogP contribution in [0.2, 0.25) is 0 Å². The molecule has 0 aromatic heterocycles. The van der Waals surface area contributed by atoms with Crippen LogP contribution in [0.4, 0.5) is 5.69 Å². The summed E-state index contributed by atoms with van der Waals surface area (Å²) in [5, 5.41) is 12.3. The van der Waals surface area contributed by atoms with Crippen LogP contribution in [0.3, 0.4) is 0 Å². The van der Waals surface area contributed by atoms with Crippen LogP contribution in [0, 0.1) is 18.3 Å². The van der Waals surface area contributed by atoms with Crippen molar-refractivity contribution in [3.63, 3.8) is 0 Å². The van der Waals surface area contributed by atoms with E-state index in [9.17, 15) is 10.1 Å². The summed E-state index contributed by atoms with van der Waals surface area (Å²) in [7, 11) is 1.57. The van der Waals surface area contributed by atoms with E-state index in [0.717, 1.165) is 11.1 Å². The Labute approximate surface area is 176 Å². The summed E-state index contributed by atoms with van der Waals surface area (Å²) in [6.07, 6.45) is 1.53. The Bertz CT molecular complexity index is 1100. The lowest BCUT2D eigenvalue weighted by Gasteiger charge is -2.12. The molecule has 0 atom stereocenters. The second-order valence-corrected chi connectivity index (χ2v) is 6.62. The van der Waals surface area contributed by atoms with E-state index >= 15 is 0 Å². The van der Waals surface area contributed by atoms with Gasteiger partial charge in [0.05, 0.1) is 7.11 Å². The second kappa shape index (κ2) is 9.94. The van der Waals surface area contributed by atoms with Gasteiger partial charge in [-0.3, -0.25) is 4.79 Å². The first-order valence-electron chi connectivity index (χ1n) is 9.44. The van der Waals surface area contributed by atoms with Crippen LogP contribution in [-0.4, -0.2) is 13.0 Å². The van der Waals surface area contributed by atoms with Gasteiger partial charge in [-0.2, -0.15) is 5.26 Å². The lowest BCUT2D eigenvalue weighted by Crippen LogP contribution is -2.14. The molecule has 0 saturated carbocycles. The number of hydrogen-bond acceptors (Lipinski definition) is 4. The van der Waals surface area contributed by atoms with E-state index in [1.165, 1.54) is 6.08 Å². The van der Waals surface area contributed by atoms with Gasteiger partial charge in [-0.05, 0) is 47.9 Å². The minimum atomic E-state index is -0.464. The molecule has 0 saturated heterocycles. The van der Waals surface area contributed by atoms with Gasteiger partial charge in [0, 0.05) is 5.69 Å². The zero-order chi connectivity index (χ0) is 21.3. The number of nitrogens with zero attached hydrogens (tertiary/aromatic N) is 1. The van der Waals surface area contributed by atoms with Gasteiger partial charge in [-0.25, -0.2) is 0 Å². The predicted octanol–water partition coefficient (Wildman–Crippen LogP) is 5.13. The Morgan fingerprint density at radius 2 is 1.77 bits per heavy atom. The minimum Gasteiger partial charge on any atom is -0.493 e. The summed E-state index contributed by atoms with van der Waals surface area (Å²) in [4.78, 5) is 12.6.